The van der Waals surface area contributed by atoms with Crippen molar-refractivity contribution in [1.29, 1.82) is 0 Å². The van der Waals surface area contributed by atoms with Gasteiger partial charge in [-0.2, -0.15) is 0 Å². The van der Waals surface area contributed by atoms with E-state index >= 15 is 0 Å². The molecule has 3 nitrogen and oxygen atoms in total. The van der Waals surface area contributed by atoms with Gasteiger partial charge in [0.2, 0.25) is 0 Å². The topological polar surface area (TPSA) is 46.3 Å². The van der Waals surface area contributed by atoms with Gasteiger partial charge in [-0.15, -0.1) is 24.2 Å². The zero-order valence-electron chi connectivity index (χ0n) is 12.6. The third kappa shape index (κ3) is 3.40. The number of carbonyl (C=O) groups is 1. The molecule has 1 saturated heterocycles. The molecule has 2 aliphatic rings. The molecular weight excluding hydrogens is 339 g/mol. The maximum absolute atomic E-state index is 12.8. The molecule has 0 spiro atoms. The summed E-state index contributed by atoms with van der Waals surface area (Å²) in [6, 6.07) is 5.87. The standard InChI is InChI=1S/C16H21ClN2OS.ClH/c1-2-21-15-6-4-11(17)7-12(15)16(20)19-8-10-3-5-14(18)13(10)9-19;/h4,6-7,10,13-14H,2-3,5,8-9,18H2,1H3;1H. The van der Waals surface area contributed by atoms with Crippen molar-refractivity contribution in [2.24, 2.45) is 17.6 Å². The summed E-state index contributed by atoms with van der Waals surface area (Å²) in [4.78, 5) is 15.8. The highest BCUT2D eigenvalue weighted by Crippen LogP contribution is 2.38. The molecule has 1 aromatic carbocycles. The number of halogens is 2. The fourth-order valence-electron chi connectivity index (χ4n) is 3.59. The van der Waals surface area contributed by atoms with Crippen LogP contribution in [0.15, 0.2) is 23.1 Å². The molecule has 1 amide bonds. The summed E-state index contributed by atoms with van der Waals surface area (Å²) >= 11 is 7.78. The van der Waals surface area contributed by atoms with Gasteiger partial charge in [-0.25, -0.2) is 0 Å². The molecule has 0 bridgehead atoms. The lowest BCUT2D eigenvalue weighted by Gasteiger charge is -2.20. The van der Waals surface area contributed by atoms with Gasteiger partial charge in [0.15, 0.2) is 0 Å². The quantitative estimate of drug-likeness (QED) is 0.836. The van der Waals surface area contributed by atoms with E-state index in [9.17, 15) is 4.79 Å². The Kier molecular flexibility index (Phi) is 6.06. The molecule has 2 fully saturated rings. The van der Waals surface area contributed by atoms with E-state index in [0.717, 1.165) is 42.1 Å². The van der Waals surface area contributed by atoms with Gasteiger partial charge in [-0.05, 0) is 48.6 Å². The highest BCUT2D eigenvalue weighted by Gasteiger charge is 2.42. The number of thioether (sulfide) groups is 1. The van der Waals surface area contributed by atoms with E-state index in [4.69, 9.17) is 17.3 Å². The molecule has 122 valence electrons. The minimum Gasteiger partial charge on any atom is -0.338 e. The van der Waals surface area contributed by atoms with Gasteiger partial charge < -0.3 is 10.6 Å². The van der Waals surface area contributed by atoms with Gasteiger partial charge in [-0.3, -0.25) is 4.79 Å². The first kappa shape index (κ1) is 17.9. The second-order valence-corrected chi connectivity index (χ2v) is 7.69. The van der Waals surface area contributed by atoms with Crippen molar-refractivity contribution in [3.8, 4) is 0 Å². The first-order chi connectivity index (χ1) is 10.1. The van der Waals surface area contributed by atoms with Crippen LogP contribution in [0.3, 0.4) is 0 Å². The number of benzene rings is 1. The third-order valence-electron chi connectivity index (χ3n) is 4.67. The zero-order valence-corrected chi connectivity index (χ0v) is 15.0. The largest absolute Gasteiger partial charge is 0.338 e. The summed E-state index contributed by atoms with van der Waals surface area (Å²) in [5, 5.41) is 0.620. The molecule has 2 N–H and O–H groups in total. The number of nitrogens with zero attached hydrogens (tertiary/aromatic N) is 1. The van der Waals surface area contributed by atoms with Crippen LogP contribution in [0.4, 0.5) is 0 Å². The van der Waals surface area contributed by atoms with E-state index in [0.29, 0.717) is 16.9 Å². The average Bonchev–Trinajstić information content (AvgIpc) is 3.03. The van der Waals surface area contributed by atoms with Crippen molar-refractivity contribution in [1.82, 2.24) is 4.90 Å². The van der Waals surface area contributed by atoms with E-state index in [1.165, 1.54) is 0 Å². The Labute approximate surface area is 147 Å². The van der Waals surface area contributed by atoms with Crippen LogP contribution in [0, 0.1) is 11.8 Å². The zero-order chi connectivity index (χ0) is 15.0. The van der Waals surface area contributed by atoms with E-state index < -0.39 is 0 Å². The second-order valence-electron chi connectivity index (χ2n) is 5.95. The SMILES string of the molecule is CCSc1ccc(Cl)cc1C(=O)N1CC2CCC(N)C2C1.Cl. The second kappa shape index (κ2) is 7.43. The number of nitrogens with two attached hydrogens (primary N) is 1. The normalized spacial score (nSPS) is 26.7. The van der Waals surface area contributed by atoms with Crippen LogP contribution in [-0.4, -0.2) is 35.7 Å². The van der Waals surface area contributed by atoms with Crippen LogP contribution < -0.4 is 5.73 Å². The van der Waals surface area contributed by atoms with Gasteiger partial charge in [0.1, 0.15) is 0 Å². The Bertz CT molecular complexity index is 555. The molecule has 1 aliphatic heterocycles. The number of hydrogen-bond donors (Lipinski definition) is 1. The maximum Gasteiger partial charge on any atom is 0.255 e. The summed E-state index contributed by atoms with van der Waals surface area (Å²) in [7, 11) is 0. The van der Waals surface area contributed by atoms with Gasteiger partial charge in [-0.1, -0.05) is 18.5 Å². The molecule has 0 radical (unpaired) electrons. The van der Waals surface area contributed by atoms with Crippen molar-refractivity contribution in [3.05, 3.63) is 28.8 Å². The number of amides is 1. The summed E-state index contributed by atoms with van der Waals surface area (Å²) < 4.78 is 0. The Morgan fingerprint density at radius 2 is 2.18 bits per heavy atom. The molecule has 6 heteroatoms. The highest BCUT2D eigenvalue weighted by atomic mass is 35.5. The van der Waals surface area contributed by atoms with E-state index in [-0.39, 0.29) is 24.4 Å². The molecule has 0 aromatic heterocycles. The molecule has 1 saturated carbocycles. The van der Waals surface area contributed by atoms with Crippen LogP contribution in [0.1, 0.15) is 30.1 Å². The van der Waals surface area contributed by atoms with E-state index in [1.807, 2.05) is 17.0 Å². The third-order valence-corrected chi connectivity index (χ3v) is 5.86. The number of carbonyl (C=O) groups excluding carboxylic acids is 1. The van der Waals surface area contributed by atoms with Crippen molar-refractivity contribution in [3.63, 3.8) is 0 Å². The van der Waals surface area contributed by atoms with E-state index in [1.54, 1.807) is 17.8 Å². The Morgan fingerprint density at radius 3 is 2.86 bits per heavy atom. The van der Waals surface area contributed by atoms with Crippen LogP contribution in [0.5, 0.6) is 0 Å². The van der Waals surface area contributed by atoms with Gasteiger partial charge >= 0.3 is 0 Å². The maximum atomic E-state index is 12.8. The molecule has 3 rings (SSSR count). The van der Waals surface area contributed by atoms with Crippen LogP contribution in [-0.2, 0) is 0 Å². The summed E-state index contributed by atoms with van der Waals surface area (Å²) in [5.74, 6) is 2.12. The summed E-state index contributed by atoms with van der Waals surface area (Å²) in [5.41, 5.74) is 6.90. The van der Waals surface area contributed by atoms with Gasteiger partial charge in [0.25, 0.3) is 5.91 Å². The van der Waals surface area contributed by atoms with Crippen molar-refractivity contribution in [2.45, 2.75) is 30.7 Å². The van der Waals surface area contributed by atoms with Gasteiger partial charge in [0.05, 0.1) is 5.56 Å². The lowest BCUT2D eigenvalue weighted by atomic mass is 9.98. The first-order valence-electron chi connectivity index (χ1n) is 7.57. The van der Waals surface area contributed by atoms with Crippen molar-refractivity contribution >= 4 is 41.7 Å². The van der Waals surface area contributed by atoms with Crippen LogP contribution in [0.25, 0.3) is 0 Å². The molecule has 22 heavy (non-hydrogen) atoms. The fraction of sp³-hybridized carbons (Fsp3) is 0.562. The Balaban J connectivity index is 0.00000176. The van der Waals surface area contributed by atoms with Crippen LogP contribution in [0.2, 0.25) is 5.02 Å². The molecule has 3 unspecified atom stereocenters. The predicted octanol–water partition coefficient (Wildman–Crippen LogP) is 3.68. The van der Waals surface area contributed by atoms with Gasteiger partial charge in [0, 0.05) is 29.0 Å². The van der Waals surface area contributed by atoms with Crippen molar-refractivity contribution in [2.75, 3.05) is 18.8 Å². The van der Waals surface area contributed by atoms with E-state index in [2.05, 4.69) is 6.92 Å². The smallest absolute Gasteiger partial charge is 0.255 e. The highest BCUT2D eigenvalue weighted by molar-refractivity contribution is 7.99. The lowest BCUT2D eigenvalue weighted by Crippen LogP contribution is -2.33. The number of fused-ring (bicyclic) bond motifs is 1. The summed E-state index contributed by atoms with van der Waals surface area (Å²) in [6.45, 7) is 3.74. The average molecular weight is 361 g/mol. The Morgan fingerprint density at radius 1 is 1.41 bits per heavy atom. The lowest BCUT2D eigenvalue weighted by molar-refractivity contribution is 0.0776. The number of hydrogen-bond acceptors (Lipinski definition) is 3. The molecular formula is C16H22Cl2N2OS. The molecule has 1 heterocycles. The Hall–Kier alpha value is -0.420. The summed E-state index contributed by atoms with van der Waals surface area (Å²) in [6.07, 6.45) is 2.26. The predicted molar refractivity (Wildman–Crippen MR) is 95.2 cm³/mol. The number of likely N-dealkylation sites (tertiary alicyclic amines) is 1. The molecule has 1 aliphatic carbocycles. The van der Waals surface area contributed by atoms with Crippen LogP contribution >= 0.6 is 35.8 Å². The minimum absolute atomic E-state index is 0. The molecule has 3 atom stereocenters. The van der Waals surface area contributed by atoms with Crippen molar-refractivity contribution < 1.29 is 4.79 Å². The minimum atomic E-state index is 0. The monoisotopic (exact) mass is 360 g/mol. The number of rotatable bonds is 3. The first-order valence-corrected chi connectivity index (χ1v) is 8.93. The molecule has 1 aromatic rings. The fourth-order valence-corrected chi connectivity index (χ4v) is 4.54.